The second kappa shape index (κ2) is 8.55. The smallest absolute Gasteiger partial charge is 0.286 e. The van der Waals surface area contributed by atoms with Crippen LogP contribution in [0.3, 0.4) is 0 Å². The van der Waals surface area contributed by atoms with Gasteiger partial charge in [-0.1, -0.05) is 11.6 Å². The predicted molar refractivity (Wildman–Crippen MR) is 120 cm³/mol. The number of carbonyl (C=O) groups is 2. The summed E-state index contributed by atoms with van der Waals surface area (Å²) in [7, 11) is 2.76. The average molecular weight is 475 g/mol. The van der Waals surface area contributed by atoms with Gasteiger partial charge in [0.1, 0.15) is 16.9 Å². The van der Waals surface area contributed by atoms with Gasteiger partial charge in [-0.25, -0.2) is 0 Å². The monoisotopic (exact) mass is 474 g/mol. The van der Waals surface area contributed by atoms with E-state index in [2.05, 4.69) is 0 Å². The third-order valence-electron chi connectivity index (χ3n) is 6.23. The fourth-order valence-electron chi connectivity index (χ4n) is 4.47. The molecule has 2 aromatic carbocycles. The highest BCUT2D eigenvalue weighted by molar-refractivity contribution is 6.31. The summed E-state index contributed by atoms with van der Waals surface area (Å²) in [6.07, 6.45) is 1.04. The predicted octanol–water partition coefficient (Wildman–Crippen LogP) is 4.21. The Morgan fingerprint density at radius 1 is 1.15 bits per heavy atom. The number of halogens is 1. The third kappa shape index (κ3) is 4.08. The lowest BCUT2D eigenvalue weighted by Gasteiger charge is -2.44. The highest BCUT2D eigenvalue weighted by Crippen LogP contribution is 2.43. The van der Waals surface area contributed by atoms with Gasteiger partial charge in [0, 0.05) is 37.0 Å². The maximum absolute atomic E-state index is 13.2. The molecule has 0 bridgehead atoms. The fourth-order valence-corrected chi connectivity index (χ4v) is 4.74. The summed E-state index contributed by atoms with van der Waals surface area (Å²) in [4.78, 5) is 38.6. The highest BCUT2D eigenvalue weighted by atomic mass is 35.5. The zero-order valence-electron chi connectivity index (χ0n) is 18.5. The van der Waals surface area contributed by atoms with E-state index in [9.17, 15) is 19.7 Å². The Hall–Kier alpha value is -3.33. The Morgan fingerprint density at radius 2 is 1.79 bits per heavy atom. The van der Waals surface area contributed by atoms with Crippen LogP contribution in [0.2, 0.25) is 5.02 Å². The molecule has 0 aromatic heterocycles. The Kier molecular flexibility index (Phi) is 5.92. The number of nitro benzene ring substituents is 1. The number of Topliss-reactive ketones (excluding diaryl/α,β-unsaturated/α-hetero) is 1. The molecule has 2 aliphatic heterocycles. The average Bonchev–Trinajstić information content (AvgIpc) is 2.79. The number of aryl methyl sites for hydroxylation is 1. The molecule has 2 aliphatic rings. The second-order valence-electron chi connectivity index (χ2n) is 8.26. The molecule has 0 aliphatic carbocycles. The number of rotatable bonds is 4. The van der Waals surface area contributed by atoms with Crippen LogP contribution in [0.1, 0.15) is 45.5 Å². The summed E-state index contributed by atoms with van der Waals surface area (Å²) in [5.41, 5.74) is 0.103. The first-order chi connectivity index (χ1) is 15.7. The van der Waals surface area contributed by atoms with Gasteiger partial charge < -0.3 is 19.1 Å². The van der Waals surface area contributed by atoms with Gasteiger partial charge in [0.2, 0.25) is 0 Å². The number of ketones is 1. The molecular weight excluding hydrogens is 452 g/mol. The third-order valence-corrected chi connectivity index (χ3v) is 6.45. The Labute approximate surface area is 195 Å². The van der Waals surface area contributed by atoms with Crippen molar-refractivity contribution in [2.24, 2.45) is 0 Å². The van der Waals surface area contributed by atoms with Gasteiger partial charge in [0.05, 0.1) is 37.2 Å². The van der Waals surface area contributed by atoms with Crippen molar-refractivity contribution in [2.75, 3.05) is 27.3 Å². The number of piperidine rings is 1. The summed E-state index contributed by atoms with van der Waals surface area (Å²) in [5, 5.41) is 12.1. The van der Waals surface area contributed by atoms with Crippen LogP contribution in [0.25, 0.3) is 0 Å². The van der Waals surface area contributed by atoms with E-state index in [0.717, 1.165) is 5.56 Å². The number of likely N-dealkylation sites (tertiary alicyclic amines) is 1. The van der Waals surface area contributed by atoms with Crippen molar-refractivity contribution < 1.29 is 28.7 Å². The lowest BCUT2D eigenvalue weighted by Crippen LogP contribution is -2.52. The summed E-state index contributed by atoms with van der Waals surface area (Å²) in [6.45, 7) is 2.42. The lowest BCUT2D eigenvalue weighted by atomic mass is 9.82. The summed E-state index contributed by atoms with van der Waals surface area (Å²) in [5.74, 6) is 0.402. The van der Waals surface area contributed by atoms with Crippen molar-refractivity contribution >= 4 is 29.0 Å². The Morgan fingerprint density at radius 3 is 2.39 bits per heavy atom. The SMILES string of the molecule is COc1cc(C(=O)N2CCC3(CC2)CC(=O)c2cc(Cl)cc(C)c2O3)c([N+](=O)[O-])cc1OC. The molecule has 174 valence electrons. The van der Waals surface area contributed by atoms with Crippen LogP contribution < -0.4 is 14.2 Å². The molecule has 0 atom stereocenters. The molecule has 2 heterocycles. The summed E-state index contributed by atoms with van der Waals surface area (Å²) < 4.78 is 16.7. The molecule has 0 saturated carbocycles. The van der Waals surface area contributed by atoms with Crippen LogP contribution in [0.4, 0.5) is 5.69 Å². The summed E-state index contributed by atoms with van der Waals surface area (Å²) in [6, 6.07) is 5.88. The number of ether oxygens (including phenoxy) is 3. The van der Waals surface area contributed by atoms with E-state index in [0.29, 0.717) is 42.3 Å². The number of nitrogens with zero attached hydrogens (tertiary/aromatic N) is 2. The molecule has 1 fully saturated rings. The molecule has 2 aromatic rings. The van der Waals surface area contributed by atoms with E-state index in [1.807, 2.05) is 6.92 Å². The molecule has 33 heavy (non-hydrogen) atoms. The number of benzene rings is 2. The van der Waals surface area contributed by atoms with Crippen LogP contribution in [-0.4, -0.2) is 54.4 Å². The first kappa shape index (κ1) is 22.8. The van der Waals surface area contributed by atoms with Crippen LogP contribution >= 0.6 is 11.6 Å². The first-order valence-corrected chi connectivity index (χ1v) is 10.8. The van der Waals surface area contributed by atoms with Gasteiger partial charge in [-0.3, -0.25) is 19.7 Å². The van der Waals surface area contributed by atoms with Crippen molar-refractivity contribution in [1.82, 2.24) is 4.90 Å². The molecule has 0 unspecified atom stereocenters. The fraction of sp³-hybridized carbons (Fsp3) is 0.391. The van der Waals surface area contributed by atoms with Crippen LogP contribution in [0.15, 0.2) is 24.3 Å². The first-order valence-electron chi connectivity index (χ1n) is 10.4. The van der Waals surface area contributed by atoms with Gasteiger partial charge >= 0.3 is 0 Å². The lowest BCUT2D eigenvalue weighted by molar-refractivity contribution is -0.385. The van der Waals surface area contributed by atoms with Gasteiger partial charge in [-0.05, 0) is 24.6 Å². The quantitative estimate of drug-likeness (QED) is 0.482. The van der Waals surface area contributed by atoms with E-state index in [1.165, 1.54) is 31.3 Å². The number of fused-ring (bicyclic) bond motifs is 1. The molecule has 1 saturated heterocycles. The number of nitro groups is 1. The van der Waals surface area contributed by atoms with Crippen LogP contribution in [-0.2, 0) is 0 Å². The van der Waals surface area contributed by atoms with E-state index >= 15 is 0 Å². The van der Waals surface area contributed by atoms with Crippen molar-refractivity contribution in [2.45, 2.75) is 31.8 Å². The molecule has 0 radical (unpaired) electrons. The van der Waals surface area contributed by atoms with E-state index in [4.69, 9.17) is 25.8 Å². The topological polar surface area (TPSA) is 108 Å². The van der Waals surface area contributed by atoms with Crippen molar-refractivity contribution in [3.8, 4) is 17.2 Å². The largest absolute Gasteiger partial charge is 0.493 e. The van der Waals surface area contributed by atoms with Crippen molar-refractivity contribution in [3.63, 3.8) is 0 Å². The minimum Gasteiger partial charge on any atom is -0.493 e. The second-order valence-corrected chi connectivity index (χ2v) is 8.69. The maximum atomic E-state index is 13.2. The zero-order valence-corrected chi connectivity index (χ0v) is 19.2. The summed E-state index contributed by atoms with van der Waals surface area (Å²) >= 11 is 6.10. The van der Waals surface area contributed by atoms with Crippen molar-refractivity contribution in [3.05, 3.63) is 56.1 Å². The minimum absolute atomic E-state index is 0.0443. The number of methoxy groups -OCH3 is 2. The van der Waals surface area contributed by atoms with Gasteiger partial charge in [-0.15, -0.1) is 0 Å². The Bertz CT molecular complexity index is 1160. The zero-order chi connectivity index (χ0) is 23.9. The highest BCUT2D eigenvalue weighted by Gasteiger charge is 2.44. The standard InChI is InChI=1S/C23H23ClN2O7/c1-13-8-14(24)9-16-18(27)12-23(33-21(13)16)4-6-25(7-5-23)22(28)15-10-19(31-2)20(32-3)11-17(15)26(29)30/h8-11H,4-7,12H2,1-3H3. The number of amides is 1. The van der Waals surface area contributed by atoms with Crippen molar-refractivity contribution in [1.29, 1.82) is 0 Å². The van der Waals surface area contributed by atoms with E-state index in [1.54, 1.807) is 12.1 Å². The van der Waals surface area contributed by atoms with Crippen LogP contribution in [0.5, 0.6) is 17.2 Å². The molecule has 0 N–H and O–H groups in total. The van der Waals surface area contributed by atoms with Gasteiger partial charge in [0.15, 0.2) is 17.3 Å². The molecule has 10 heteroatoms. The molecular formula is C23H23ClN2O7. The number of hydrogen-bond acceptors (Lipinski definition) is 7. The molecule has 9 nitrogen and oxygen atoms in total. The molecule has 4 rings (SSSR count). The normalized spacial score (nSPS) is 16.7. The number of hydrogen-bond donors (Lipinski definition) is 0. The minimum atomic E-state index is -0.719. The Balaban J connectivity index is 1.57. The number of carbonyl (C=O) groups excluding carboxylic acids is 2. The maximum Gasteiger partial charge on any atom is 0.286 e. The molecule has 1 amide bonds. The van der Waals surface area contributed by atoms with E-state index < -0.39 is 16.4 Å². The van der Waals surface area contributed by atoms with Crippen LogP contribution in [0, 0.1) is 17.0 Å². The molecule has 1 spiro atoms. The van der Waals surface area contributed by atoms with Gasteiger partial charge in [-0.2, -0.15) is 0 Å². The van der Waals surface area contributed by atoms with Gasteiger partial charge in [0.25, 0.3) is 11.6 Å². The van der Waals surface area contributed by atoms with E-state index in [-0.39, 0.29) is 35.0 Å².